The lowest BCUT2D eigenvalue weighted by atomic mass is 10.2. The van der Waals surface area contributed by atoms with Crippen LogP contribution in [0.2, 0.25) is 4.34 Å². The van der Waals surface area contributed by atoms with E-state index in [0.29, 0.717) is 4.34 Å². The molecule has 0 aliphatic rings. The van der Waals surface area contributed by atoms with Crippen LogP contribution in [0.4, 0.5) is 18.9 Å². The molecule has 1 aromatic heterocycles. The monoisotopic (exact) mass is 291 g/mol. The lowest BCUT2D eigenvalue weighted by Gasteiger charge is -2.14. The van der Waals surface area contributed by atoms with Gasteiger partial charge in [-0.1, -0.05) is 11.6 Å². The first kappa shape index (κ1) is 13.2. The maximum absolute atomic E-state index is 13.0. The van der Waals surface area contributed by atoms with Crippen molar-refractivity contribution in [3.05, 3.63) is 50.9 Å². The lowest BCUT2D eigenvalue weighted by Crippen LogP contribution is -2.06. The molecule has 0 saturated heterocycles. The summed E-state index contributed by atoms with van der Waals surface area (Å²) in [5.74, 6) is -3.89. The molecule has 0 aliphatic carbocycles. The maximum Gasteiger partial charge on any atom is 0.194 e. The van der Waals surface area contributed by atoms with E-state index >= 15 is 0 Å². The van der Waals surface area contributed by atoms with Crippen molar-refractivity contribution in [2.45, 2.75) is 13.0 Å². The smallest absolute Gasteiger partial charge is 0.194 e. The molecule has 0 aliphatic heterocycles. The van der Waals surface area contributed by atoms with Gasteiger partial charge >= 0.3 is 0 Å². The van der Waals surface area contributed by atoms with Gasteiger partial charge in [0.1, 0.15) is 0 Å². The van der Waals surface area contributed by atoms with Crippen LogP contribution in [-0.4, -0.2) is 0 Å². The average molecular weight is 292 g/mol. The van der Waals surface area contributed by atoms with E-state index in [1.165, 1.54) is 11.3 Å². The Morgan fingerprint density at radius 3 is 2.28 bits per heavy atom. The van der Waals surface area contributed by atoms with Gasteiger partial charge in [-0.05, 0) is 19.1 Å². The van der Waals surface area contributed by atoms with E-state index in [9.17, 15) is 13.2 Å². The van der Waals surface area contributed by atoms with Crippen LogP contribution in [-0.2, 0) is 0 Å². The molecule has 0 radical (unpaired) electrons. The summed E-state index contributed by atoms with van der Waals surface area (Å²) in [5, 5.41) is 2.89. The number of hydrogen-bond donors (Lipinski definition) is 1. The van der Waals surface area contributed by atoms with Crippen LogP contribution < -0.4 is 5.32 Å². The highest BCUT2D eigenvalue weighted by atomic mass is 35.5. The molecule has 0 spiro atoms. The highest BCUT2D eigenvalue weighted by molar-refractivity contribution is 7.16. The lowest BCUT2D eigenvalue weighted by molar-refractivity contribution is 0.447. The molecule has 1 aromatic carbocycles. The molecule has 1 unspecified atom stereocenters. The zero-order valence-electron chi connectivity index (χ0n) is 9.31. The third kappa shape index (κ3) is 2.79. The maximum atomic E-state index is 13.0. The average Bonchev–Trinajstić information content (AvgIpc) is 2.72. The Balaban J connectivity index is 2.19. The van der Waals surface area contributed by atoms with E-state index in [4.69, 9.17) is 11.6 Å². The van der Waals surface area contributed by atoms with Gasteiger partial charge in [-0.25, -0.2) is 13.2 Å². The molecule has 1 heterocycles. The number of thiophene rings is 1. The summed E-state index contributed by atoms with van der Waals surface area (Å²) in [6, 6.07) is 5.23. The number of hydrogen-bond acceptors (Lipinski definition) is 2. The molecule has 1 atom stereocenters. The van der Waals surface area contributed by atoms with E-state index in [2.05, 4.69) is 5.32 Å². The standard InChI is InChI=1S/C12H9ClF3NS/c1-6(10-2-3-11(13)18-10)17-7-4-8(14)12(16)9(15)5-7/h2-6,17H,1H3. The molecule has 2 aromatic rings. The van der Waals surface area contributed by atoms with Crippen molar-refractivity contribution in [2.24, 2.45) is 0 Å². The van der Waals surface area contributed by atoms with Gasteiger partial charge in [-0.15, -0.1) is 11.3 Å². The van der Waals surface area contributed by atoms with Crippen LogP contribution >= 0.6 is 22.9 Å². The van der Waals surface area contributed by atoms with Gasteiger partial charge in [0.25, 0.3) is 0 Å². The topological polar surface area (TPSA) is 12.0 Å². The van der Waals surface area contributed by atoms with Crippen molar-refractivity contribution < 1.29 is 13.2 Å². The van der Waals surface area contributed by atoms with Gasteiger partial charge in [0.05, 0.1) is 10.4 Å². The number of benzene rings is 1. The fourth-order valence-corrected chi connectivity index (χ4v) is 2.58. The van der Waals surface area contributed by atoms with E-state index in [0.717, 1.165) is 17.0 Å². The van der Waals surface area contributed by atoms with Crippen molar-refractivity contribution in [3.8, 4) is 0 Å². The Labute approximate surface area is 111 Å². The van der Waals surface area contributed by atoms with Crippen molar-refractivity contribution in [3.63, 3.8) is 0 Å². The van der Waals surface area contributed by atoms with Crippen LogP contribution in [0.3, 0.4) is 0 Å². The Hall–Kier alpha value is -1.20. The molecule has 2 rings (SSSR count). The van der Waals surface area contributed by atoms with Crippen LogP contribution in [0.25, 0.3) is 0 Å². The number of nitrogens with one attached hydrogen (secondary N) is 1. The molecule has 1 nitrogen and oxygen atoms in total. The molecular weight excluding hydrogens is 283 g/mol. The van der Waals surface area contributed by atoms with E-state index < -0.39 is 17.5 Å². The number of anilines is 1. The summed E-state index contributed by atoms with van der Waals surface area (Å²) in [4.78, 5) is 0.921. The fourth-order valence-electron chi connectivity index (χ4n) is 1.52. The molecular formula is C12H9ClF3NS. The molecule has 0 amide bonds. The van der Waals surface area contributed by atoms with Gasteiger partial charge in [0, 0.05) is 22.7 Å². The quantitative estimate of drug-likeness (QED) is 0.785. The molecule has 96 valence electrons. The SMILES string of the molecule is CC(Nc1cc(F)c(F)c(F)c1)c1ccc(Cl)s1. The third-order valence-corrected chi connectivity index (χ3v) is 3.80. The van der Waals surface area contributed by atoms with Crippen molar-refractivity contribution in [1.29, 1.82) is 0 Å². The molecule has 0 bridgehead atoms. The zero-order valence-corrected chi connectivity index (χ0v) is 10.9. The highest BCUT2D eigenvalue weighted by Crippen LogP contribution is 2.29. The zero-order chi connectivity index (χ0) is 13.3. The molecule has 0 saturated carbocycles. The van der Waals surface area contributed by atoms with E-state index in [1.54, 1.807) is 6.07 Å². The minimum absolute atomic E-state index is 0.174. The van der Waals surface area contributed by atoms with Gasteiger partial charge in [0.15, 0.2) is 17.5 Å². The van der Waals surface area contributed by atoms with Crippen molar-refractivity contribution >= 4 is 28.6 Å². The predicted molar refractivity (Wildman–Crippen MR) is 67.7 cm³/mol. The number of rotatable bonds is 3. The third-order valence-electron chi connectivity index (χ3n) is 2.39. The highest BCUT2D eigenvalue weighted by Gasteiger charge is 2.13. The largest absolute Gasteiger partial charge is 0.378 e. The molecule has 0 fully saturated rings. The summed E-state index contributed by atoms with van der Waals surface area (Å²) >= 11 is 7.17. The van der Waals surface area contributed by atoms with Gasteiger partial charge in [-0.3, -0.25) is 0 Å². The van der Waals surface area contributed by atoms with Gasteiger partial charge < -0.3 is 5.32 Å². The van der Waals surface area contributed by atoms with E-state index in [1.807, 2.05) is 13.0 Å². The Morgan fingerprint density at radius 2 is 1.78 bits per heavy atom. The Morgan fingerprint density at radius 1 is 1.17 bits per heavy atom. The van der Waals surface area contributed by atoms with Crippen molar-refractivity contribution in [2.75, 3.05) is 5.32 Å². The van der Waals surface area contributed by atoms with Crippen LogP contribution in [0.5, 0.6) is 0 Å². The molecule has 6 heteroatoms. The fraction of sp³-hybridized carbons (Fsp3) is 0.167. The Bertz CT molecular complexity index is 547. The van der Waals surface area contributed by atoms with Crippen LogP contribution in [0.1, 0.15) is 17.8 Å². The first-order valence-electron chi connectivity index (χ1n) is 5.13. The first-order chi connectivity index (χ1) is 8.47. The second-order valence-electron chi connectivity index (χ2n) is 3.76. The summed E-state index contributed by atoms with van der Waals surface area (Å²) in [6.07, 6.45) is 0. The minimum Gasteiger partial charge on any atom is -0.378 e. The summed E-state index contributed by atoms with van der Waals surface area (Å²) in [7, 11) is 0. The van der Waals surface area contributed by atoms with Gasteiger partial charge in [0.2, 0.25) is 0 Å². The minimum atomic E-state index is -1.47. The predicted octanol–water partition coefficient (Wildman–Crippen LogP) is 4.99. The summed E-state index contributed by atoms with van der Waals surface area (Å²) in [6.45, 7) is 1.82. The first-order valence-corrected chi connectivity index (χ1v) is 6.33. The second kappa shape index (κ2) is 5.20. The second-order valence-corrected chi connectivity index (χ2v) is 5.51. The summed E-state index contributed by atoms with van der Waals surface area (Å²) < 4.78 is 39.5. The summed E-state index contributed by atoms with van der Waals surface area (Å²) in [5.41, 5.74) is 0.184. The molecule has 1 N–H and O–H groups in total. The van der Waals surface area contributed by atoms with Crippen molar-refractivity contribution in [1.82, 2.24) is 0 Å². The Kier molecular flexibility index (Phi) is 3.82. The van der Waals surface area contributed by atoms with Crippen LogP contribution in [0.15, 0.2) is 24.3 Å². The normalized spacial score (nSPS) is 12.5. The molecule has 18 heavy (non-hydrogen) atoms. The van der Waals surface area contributed by atoms with Crippen LogP contribution in [0, 0.1) is 17.5 Å². The van der Waals surface area contributed by atoms with Gasteiger partial charge in [-0.2, -0.15) is 0 Å². The van der Waals surface area contributed by atoms with E-state index in [-0.39, 0.29) is 11.7 Å². The number of halogens is 4.